The topological polar surface area (TPSA) is 50.6 Å². The maximum atomic E-state index is 12.0. The van der Waals surface area contributed by atoms with Gasteiger partial charge in [0.05, 0.1) is 24.5 Å². The Hall–Kier alpha value is -1.40. The van der Waals surface area contributed by atoms with E-state index in [-0.39, 0.29) is 12.5 Å². The SMILES string of the molecule is C[C@@H]1c2ncc(COCC(=O)N3CCCC3)n2CCN1CC1CC1. The van der Waals surface area contributed by atoms with E-state index in [0.717, 1.165) is 56.5 Å². The first-order valence-corrected chi connectivity index (χ1v) is 9.36. The van der Waals surface area contributed by atoms with E-state index in [0.29, 0.717) is 12.6 Å². The molecular formula is C18H28N4O2. The van der Waals surface area contributed by atoms with E-state index in [1.807, 2.05) is 11.1 Å². The number of imidazole rings is 1. The number of ether oxygens (including phenoxy) is 1. The molecule has 0 aromatic carbocycles. The van der Waals surface area contributed by atoms with Crippen LogP contribution in [-0.4, -0.2) is 58.0 Å². The van der Waals surface area contributed by atoms with Crippen LogP contribution in [0.1, 0.15) is 50.2 Å². The van der Waals surface area contributed by atoms with Crippen LogP contribution in [0.3, 0.4) is 0 Å². The lowest BCUT2D eigenvalue weighted by Gasteiger charge is -2.34. The van der Waals surface area contributed by atoms with Gasteiger partial charge in [-0.25, -0.2) is 4.98 Å². The highest BCUT2D eigenvalue weighted by Gasteiger charge is 2.31. The van der Waals surface area contributed by atoms with E-state index in [1.165, 1.54) is 19.4 Å². The molecule has 1 saturated carbocycles. The number of fused-ring (bicyclic) bond motifs is 1. The molecule has 1 amide bonds. The van der Waals surface area contributed by atoms with E-state index in [9.17, 15) is 4.79 Å². The number of likely N-dealkylation sites (tertiary alicyclic amines) is 1. The Morgan fingerprint density at radius 3 is 2.79 bits per heavy atom. The number of nitrogens with zero attached hydrogens (tertiary/aromatic N) is 4. The molecule has 132 valence electrons. The number of amides is 1. The zero-order chi connectivity index (χ0) is 16.5. The second kappa shape index (κ2) is 6.84. The van der Waals surface area contributed by atoms with Crippen molar-refractivity contribution >= 4 is 5.91 Å². The van der Waals surface area contributed by atoms with Crippen molar-refractivity contribution in [1.29, 1.82) is 0 Å². The fourth-order valence-electron chi connectivity index (χ4n) is 3.90. The van der Waals surface area contributed by atoms with E-state index in [1.54, 1.807) is 0 Å². The van der Waals surface area contributed by atoms with Gasteiger partial charge < -0.3 is 14.2 Å². The Labute approximate surface area is 143 Å². The van der Waals surface area contributed by atoms with Gasteiger partial charge >= 0.3 is 0 Å². The lowest BCUT2D eigenvalue weighted by atomic mass is 10.2. The highest BCUT2D eigenvalue weighted by molar-refractivity contribution is 5.77. The molecule has 3 aliphatic rings. The second-order valence-electron chi connectivity index (χ2n) is 7.45. The van der Waals surface area contributed by atoms with Crippen LogP contribution in [0.4, 0.5) is 0 Å². The Kier molecular flexibility index (Phi) is 4.59. The van der Waals surface area contributed by atoms with Gasteiger partial charge in [0.1, 0.15) is 12.4 Å². The van der Waals surface area contributed by atoms with Crippen LogP contribution in [0, 0.1) is 5.92 Å². The first kappa shape index (κ1) is 16.1. The lowest BCUT2D eigenvalue weighted by Crippen LogP contribution is -2.38. The van der Waals surface area contributed by atoms with Gasteiger partial charge in [0.25, 0.3) is 0 Å². The number of aromatic nitrogens is 2. The van der Waals surface area contributed by atoms with Crippen LogP contribution in [0.15, 0.2) is 6.20 Å². The van der Waals surface area contributed by atoms with E-state index in [2.05, 4.69) is 21.4 Å². The van der Waals surface area contributed by atoms with Gasteiger partial charge in [0.2, 0.25) is 5.91 Å². The molecule has 1 aromatic rings. The summed E-state index contributed by atoms with van der Waals surface area (Å²) in [6.07, 6.45) is 6.95. The van der Waals surface area contributed by atoms with Crippen molar-refractivity contribution in [1.82, 2.24) is 19.4 Å². The minimum Gasteiger partial charge on any atom is -0.365 e. The van der Waals surface area contributed by atoms with Gasteiger partial charge in [0.15, 0.2) is 0 Å². The number of hydrogen-bond donors (Lipinski definition) is 0. The number of carbonyl (C=O) groups excluding carboxylic acids is 1. The van der Waals surface area contributed by atoms with Crippen molar-refractivity contribution in [2.45, 2.75) is 51.8 Å². The summed E-state index contributed by atoms with van der Waals surface area (Å²) in [6, 6.07) is 0.374. The van der Waals surface area contributed by atoms with Gasteiger partial charge in [-0.1, -0.05) is 0 Å². The van der Waals surface area contributed by atoms with Crippen molar-refractivity contribution in [2.75, 3.05) is 32.8 Å². The van der Waals surface area contributed by atoms with Gasteiger partial charge in [-0.2, -0.15) is 0 Å². The summed E-state index contributed by atoms with van der Waals surface area (Å²) in [5.74, 6) is 2.18. The molecule has 24 heavy (non-hydrogen) atoms. The van der Waals surface area contributed by atoms with Crippen LogP contribution in [0.2, 0.25) is 0 Å². The summed E-state index contributed by atoms with van der Waals surface area (Å²) in [5.41, 5.74) is 1.09. The molecule has 2 fully saturated rings. The maximum absolute atomic E-state index is 12.0. The highest BCUT2D eigenvalue weighted by atomic mass is 16.5. The summed E-state index contributed by atoms with van der Waals surface area (Å²) >= 11 is 0. The number of carbonyl (C=O) groups is 1. The minimum atomic E-state index is 0.120. The van der Waals surface area contributed by atoms with Gasteiger partial charge in [-0.05, 0) is 38.5 Å². The number of hydrogen-bond acceptors (Lipinski definition) is 4. The molecule has 4 rings (SSSR count). The summed E-state index contributed by atoms with van der Waals surface area (Å²) < 4.78 is 7.98. The number of rotatable bonds is 6. The molecule has 3 heterocycles. The second-order valence-corrected chi connectivity index (χ2v) is 7.45. The Morgan fingerprint density at radius 2 is 2.04 bits per heavy atom. The molecule has 6 nitrogen and oxygen atoms in total. The third-order valence-corrected chi connectivity index (χ3v) is 5.63. The Bertz CT molecular complexity index is 590. The molecule has 1 aliphatic carbocycles. The zero-order valence-corrected chi connectivity index (χ0v) is 14.6. The van der Waals surface area contributed by atoms with Crippen LogP contribution < -0.4 is 0 Å². The molecule has 0 unspecified atom stereocenters. The third kappa shape index (κ3) is 3.35. The van der Waals surface area contributed by atoms with Crippen molar-refractivity contribution in [3.8, 4) is 0 Å². The van der Waals surface area contributed by atoms with Crippen LogP contribution in [-0.2, 0) is 22.7 Å². The van der Waals surface area contributed by atoms with Crippen molar-refractivity contribution in [3.05, 3.63) is 17.7 Å². The highest BCUT2D eigenvalue weighted by Crippen LogP contribution is 2.34. The van der Waals surface area contributed by atoms with Crippen LogP contribution >= 0.6 is 0 Å². The van der Waals surface area contributed by atoms with Gasteiger partial charge in [0, 0.05) is 32.7 Å². The first-order chi connectivity index (χ1) is 11.7. The standard InChI is InChI=1S/C18H28N4O2/c1-14-18-19-10-16(12-24-13-17(23)20-6-2-3-7-20)22(18)9-8-21(14)11-15-4-5-15/h10,14-15H,2-9,11-13H2,1H3/t14-/m1/s1. The van der Waals surface area contributed by atoms with Crippen molar-refractivity contribution in [2.24, 2.45) is 5.92 Å². The minimum absolute atomic E-state index is 0.120. The normalized spacial score (nSPS) is 24.4. The molecule has 1 aromatic heterocycles. The van der Waals surface area contributed by atoms with Crippen LogP contribution in [0.25, 0.3) is 0 Å². The third-order valence-electron chi connectivity index (χ3n) is 5.63. The fraction of sp³-hybridized carbons (Fsp3) is 0.778. The molecule has 2 aliphatic heterocycles. The van der Waals surface area contributed by atoms with Gasteiger partial charge in [-0.3, -0.25) is 9.69 Å². The van der Waals surface area contributed by atoms with Gasteiger partial charge in [-0.15, -0.1) is 0 Å². The molecule has 0 spiro atoms. The largest absolute Gasteiger partial charge is 0.365 e. The molecule has 0 N–H and O–H groups in total. The molecular weight excluding hydrogens is 304 g/mol. The van der Waals surface area contributed by atoms with E-state index in [4.69, 9.17) is 4.74 Å². The molecule has 1 saturated heterocycles. The molecule has 0 bridgehead atoms. The predicted molar refractivity (Wildman–Crippen MR) is 90.4 cm³/mol. The summed E-state index contributed by atoms with van der Waals surface area (Å²) in [5, 5.41) is 0. The molecule has 0 radical (unpaired) electrons. The smallest absolute Gasteiger partial charge is 0.248 e. The molecule has 1 atom stereocenters. The Morgan fingerprint density at radius 1 is 1.25 bits per heavy atom. The summed E-state index contributed by atoms with van der Waals surface area (Å²) in [6.45, 7) is 7.96. The van der Waals surface area contributed by atoms with E-state index >= 15 is 0 Å². The fourth-order valence-corrected chi connectivity index (χ4v) is 3.90. The van der Waals surface area contributed by atoms with Crippen molar-refractivity contribution < 1.29 is 9.53 Å². The average molecular weight is 332 g/mol. The molecule has 6 heteroatoms. The zero-order valence-electron chi connectivity index (χ0n) is 14.6. The van der Waals surface area contributed by atoms with Crippen LogP contribution in [0.5, 0.6) is 0 Å². The van der Waals surface area contributed by atoms with E-state index < -0.39 is 0 Å². The lowest BCUT2D eigenvalue weighted by molar-refractivity contribution is -0.135. The predicted octanol–water partition coefficient (Wildman–Crippen LogP) is 1.81. The maximum Gasteiger partial charge on any atom is 0.248 e. The average Bonchev–Trinajstić information content (AvgIpc) is 3.08. The monoisotopic (exact) mass is 332 g/mol. The summed E-state index contributed by atoms with van der Waals surface area (Å²) in [7, 11) is 0. The first-order valence-electron chi connectivity index (χ1n) is 9.36. The quantitative estimate of drug-likeness (QED) is 0.797. The van der Waals surface area contributed by atoms with Crippen molar-refractivity contribution in [3.63, 3.8) is 0 Å². The summed E-state index contributed by atoms with van der Waals surface area (Å²) in [4.78, 5) is 21.1. The Balaban J connectivity index is 1.31.